The third kappa shape index (κ3) is 5.98. The lowest BCUT2D eigenvalue weighted by Gasteiger charge is -2.31. The van der Waals surface area contributed by atoms with Crippen LogP contribution >= 0.6 is 0 Å². The van der Waals surface area contributed by atoms with Crippen molar-refractivity contribution in [3.05, 3.63) is 0 Å². The van der Waals surface area contributed by atoms with Crippen molar-refractivity contribution >= 4 is 0 Å². The van der Waals surface area contributed by atoms with Crippen LogP contribution in [0.1, 0.15) is 85.5 Å². The Hall–Kier alpha value is -0.560. The first-order valence-corrected chi connectivity index (χ1v) is 10.1. The molecule has 0 aromatic rings. The third-order valence-corrected chi connectivity index (χ3v) is 6.24. The fraction of sp³-hybridized carbons (Fsp3) is 0.909. The van der Waals surface area contributed by atoms with Crippen molar-refractivity contribution in [1.82, 2.24) is 0 Å². The van der Waals surface area contributed by atoms with Gasteiger partial charge < -0.3 is 14.6 Å². The van der Waals surface area contributed by atoms with Gasteiger partial charge in [-0.25, -0.2) is 0 Å². The van der Waals surface area contributed by atoms with E-state index >= 15 is 0 Å². The molecule has 144 valence electrons. The molecule has 0 aromatic heterocycles. The van der Waals surface area contributed by atoms with Crippen LogP contribution in [0.25, 0.3) is 0 Å². The lowest BCUT2D eigenvalue weighted by atomic mass is 9.75. The van der Waals surface area contributed by atoms with Crippen LogP contribution in [-0.2, 0) is 9.47 Å². The molecule has 4 unspecified atom stereocenters. The fourth-order valence-corrected chi connectivity index (χ4v) is 4.64. The Morgan fingerprint density at radius 1 is 1.12 bits per heavy atom. The number of terminal acetylenes is 1. The summed E-state index contributed by atoms with van der Waals surface area (Å²) in [7, 11) is 0. The summed E-state index contributed by atoms with van der Waals surface area (Å²) in [6, 6.07) is 0. The molecule has 0 amide bonds. The highest BCUT2D eigenvalue weighted by Gasteiger charge is 2.65. The van der Waals surface area contributed by atoms with Crippen LogP contribution in [0.3, 0.4) is 0 Å². The molecule has 0 saturated carbocycles. The molecule has 0 radical (unpaired) electrons. The number of rotatable bonds is 1. The molecule has 0 aromatic carbocycles. The highest BCUT2D eigenvalue weighted by molar-refractivity contribution is 5.05. The smallest absolute Gasteiger partial charge is 0.198 e. The molecule has 0 bridgehead atoms. The van der Waals surface area contributed by atoms with Crippen LogP contribution in [0.2, 0.25) is 0 Å². The van der Waals surface area contributed by atoms with E-state index in [1.54, 1.807) is 0 Å². The van der Waals surface area contributed by atoms with Gasteiger partial charge in [0.2, 0.25) is 0 Å². The molecule has 0 aliphatic carbocycles. The van der Waals surface area contributed by atoms with E-state index in [1.165, 1.54) is 19.3 Å². The molecule has 0 spiro atoms. The number of hydrogen-bond acceptors (Lipinski definition) is 3. The van der Waals surface area contributed by atoms with Crippen LogP contribution < -0.4 is 0 Å². The van der Waals surface area contributed by atoms with Crippen molar-refractivity contribution in [2.45, 2.75) is 96.9 Å². The van der Waals surface area contributed by atoms with Gasteiger partial charge in [-0.05, 0) is 56.3 Å². The number of epoxide rings is 1. The quantitative estimate of drug-likeness (QED) is 0.539. The average Bonchev–Trinajstić information content (AvgIpc) is 3.03. The Labute approximate surface area is 154 Å². The molecule has 3 heteroatoms. The zero-order chi connectivity index (χ0) is 18.6. The van der Waals surface area contributed by atoms with E-state index in [-0.39, 0.29) is 5.60 Å². The summed E-state index contributed by atoms with van der Waals surface area (Å²) in [5.41, 5.74) is -0.0780. The SMILES string of the molecule is C#CCC1CC(C)CCCC2(C)OC2(O)CCOCCCC(C)(C)C1. The molecule has 1 N–H and O–H groups in total. The Balaban J connectivity index is 1.97. The highest BCUT2D eigenvalue weighted by atomic mass is 16.7. The summed E-state index contributed by atoms with van der Waals surface area (Å²) in [5, 5.41) is 10.6. The van der Waals surface area contributed by atoms with Crippen molar-refractivity contribution in [3.8, 4) is 12.3 Å². The molecule has 2 fully saturated rings. The predicted molar refractivity (Wildman–Crippen MR) is 102 cm³/mol. The summed E-state index contributed by atoms with van der Waals surface area (Å²) >= 11 is 0. The van der Waals surface area contributed by atoms with Crippen LogP contribution in [-0.4, -0.2) is 29.7 Å². The molecular weight excluding hydrogens is 312 g/mol. The zero-order valence-electron chi connectivity index (χ0n) is 16.8. The largest absolute Gasteiger partial charge is 0.381 e. The van der Waals surface area contributed by atoms with Gasteiger partial charge in [0.15, 0.2) is 5.79 Å². The van der Waals surface area contributed by atoms with E-state index in [4.69, 9.17) is 15.9 Å². The van der Waals surface area contributed by atoms with Gasteiger partial charge in [-0.2, -0.15) is 0 Å². The van der Waals surface area contributed by atoms with Crippen molar-refractivity contribution in [2.24, 2.45) is 17.3 Å². The Morgan fingerprint density at radius 2 is 1.88 bits per heavy atom. The Morgan fingerprint density at radius 3 is 2.60 bits per heavy atom. The van der Waals surface area contributed by atoms with E-state index in [2.05, 4.69) is 26.7 Å². The van der Waals surface area contributed by atoms with Gasteiger partial charge in [-0.3, -0.25) is 0 Å². The molecule has 2 rings (SSSR count). The molecule has 2 aliphatic heterocycles. The van der Waals surface area contributed by atoms with Gasteiger partial charge in [-0.1, -0.05) is 33.6 Å². The second kappa shape index (κ2) is 8.42. The molecule has 2 heterocycles. The van der Waals surface area contributed by atoms with E-state index in [1.807, 2.05) is 6.92 Å². The zero-order valence-corrected chi connectivity index (χ0v) is 16.8. The summed E-state index contributed by atoms with van der Waals surface area (Å²) in [5.74, 6) is 3.19. The van der Waals surface area contributed by atoms with E-state index in [9.17, 15) is 5.11 Å². The lowest BCUT2D eigenvalue weighted by Crippen LogP contribution is -2.25. The first-order chi connectivity index (χ1) is 11.7. The van der Waals surface area contributed by atoms with E-state index in [0.29, 0.717) is 30.3 Å². The first-order valence-electron chi connectivity index (χ1n) is 10.1. The predicted octanol–water partition coefficient (Wildman–Crippen LogP) is 4.92. The van der Waals surface area contributed by atoms with Crippen LogP contribution in [0.5, 0.6) is 0 Å². The van der Waals surface area contributed by atoms with Gasteiger partial charge >= 0.3 is 0 Å². The third-order valence-electron chi connectivity index (χ3n) is 6.24. The fourth-order valence-electron chi connectivity index (χ4n) is 4.64. The van der Waals surface area contributed by atoms with Crippen molar-refractivity contribution in [3.63, 3.8) is 0 Å². The molecule has 2 saturated heterocycles. The minimum Gasteiger partial charge on any atom is -0.381 e. The lowest BCUT2D eigenvalue weighted by molar-refractivity contribution is -0.00235. The second-order valence-corrected chi connectivity index (χ2v) is 9.46. The minimum absolute atomic E-state index is 0.304. The first kappa shape index (κ1) is 20.7. The number of aliphatic hydroxyl groups is 1. The maximum Gasteiger partial charge on any atom is 0.198 e. The van der Waals surface area contributed by atoms with Gasteiger partial charge in [0, 0.05) is 19.4 Å². The van der Waals surface area contributed by atoms with Gasteiger partial charge in [0.25, 0.3) is 0 Å². The second-order valence-electron chi connectivity index (χ2n) is 9.46. The minimum atomic E-state index is -0.974. The van der Waals surface area contributed by atoms with Crippen LogP contribution in [0.4, 0.5) is 0 Å². The number of fused-ring (bicyclic) bond motifs is 1. The van der Waals surface area contributed by atoms with Crippen LogP contribution in [0, 0.1) is 29.6 Å². The summed E-state index contributed by atoms with van der Waals surface area (Å²) in [6.07, 6.45) is 14.9. The molecule has 4 atom stereocenters. The Bertz CT molecular complexity index is 466. The Kier molecular flexibility index (Phi) is 6.99. The van der Waals surface area contributed by atoms with E-state index < -0.39 is 5.79 Å². The van der Waals surface area contributed by atoms with E-state index in [0.717, 1.165) is 38.7 Å². The standard InChI is InChI=1S/C22H38O3/c1-6-9-19-16-18(2)10-7-12-21(5)22(23,25-21)13-15-24-14-8-11-20(3,4)17-19/h1,18-19,23H,7-17H2,2-5H3. The maximum absolute atomic E-state index is 10.6. The van der Waals surface area contributed by atoms with Crippen molar-refractivity contribution in [2.75, 3.05) is 13.2 Å². The van der Waals surface area contributed by atoms with Gasteiger partial charge in [0.05, 0.1) is 6.61 Å². The highest BCUT2D eigenvalue weighted by Crippen LogP contribution is 2.51. The summed E-state index contributed by atoms with van der Waals surface area (Å²) < 4.78 is 11.4. The molecular formula is C22H38O3. The number of ether oxygens (including phenoxy) is 2. The van der Waals surface area contributed by atoms with Crippen molar-refractivity contribution in [1.29, 1.82) is 0 Å². The summed E-state index contributed by atoms with van der Waals surface area (Å²) in [6.45, 7) is 10.4. The molecule has 25 heavy (non-hydrogen) atoms. The van der Waals surface area contributed by atoms with Crippen LogP contribution in [0.15, 0.2) is 0 Å². The normalized spacial score (nSPS) is 40.6. The van der Waals surface area contributed by atoms with Gasteiger partial charge in [-0.15, -0.1) is 12.3 Å². The monoisotopic (exact) mass is 350 g/mol. The average molecular weight is 351 g/mol. The molecule has 2 aliphatic rings. The molecule has 3 nitrogen and oxygen atoms in total. The topological polar surface area (TPSA) is 42.0 Å². The number of hydrogen-bond donors (Lipinski definition) is 1. The van der Waals surface area contributed by atoms with Gasteiger partial charge in [0.1, 0.15) is 5.60 Å². The maximum atomic E-state index is 10.6. The van der Waals surface area contributed by atoms with Crippen molar-refractivity contribution < 1.29 is 14.6 Å². The summed E-state index contributed by atoms with van der Waals surface area (Å²) in [4.78, 5) is 0.